The molecule has 1 aliphatic heterocycles. The first-order valence-electron chi connectivity index (χ1n) is 8.10. The van der Waals surface area contributed by atoms with E-state index in [4.69, 9.17) is 9.15 Å². The Hall–Kier alpha value is -2.38. The first kappa shape index (κ1) is 16.5. The number of hydrogen-bond donors (Lipinski definition) is 3. The number of pyridine rings is 1. The van der Waals surface area contributed by atoms with E-state index in [1.54, 1.807) is 12.4 Å². The molecular weight excluding hydrogens is 308 g/mol. The van der Waals surface area contributed by atoms with Crippen LogP contribution in [0.2, 0.25) is 0 Å². The fourth-order valence-corrected chi connectivity index (χ4v) is 2.58. The number of nitrogens with zero attached hydrogens (tertiary/aromatic N) is 1. The maximum Gasteiger partial charge on any atom is 0.238 e. The largest absolute Gasteiger partial charge is 0.492 e. The van der Waals surface area contributed by atoms with Gasteiger partial charge in [-0.25, -0.2) is 10.9 Å². The predicted molar refractivity (Wildman–Crippen MR) is 88.2 cm³/mol. The van der Waals surface area contributed by atoms with E-state index in [-0.39, 0.29) is 18.0 Å². The lowest BCUT2D eigenvalue weighted by atomic mass is 10.1. The Morgan fingerprint density at radius 1 is 1.42 bits per heavy atom. The van der Waals surface area contributed by atoms with E-state index in [0.29, 0.717) is 19.6 Å². The third-order valence-electron chi connectivity index (χ3n) is 3.85. The average Bonchev–Trinajstić information content (AvgIpc) is 3.24. The quantitative estimate of drug-likeness (QED) is 0.667. The molecule has 7 heteroatoms. The van der Waals surface area contributed by atoms with Crippen LogP contribution in [-0.2, 0) is 4.79 Å². The van der Waals surface area contributed by atoms with Crippen LogP contribution in [-0.4, -0.2) is 30.1 Å². The van der Waals surface area contributed by atoms with Crippen LogP contribution in [0.3, 0.4) is 0 Å². The third kappa shape index (κ3) is 4.33. The summed E-state index contributed by atoms with van der Waals surface area (Å²) in [4.78, 5) is 16.1. The Kier molecular flexibility index (Phi) is 5.45. The molecule has 0 radical (unpaired) electrons. The Morgan fingerprint density at radius 3 is 3.08 bits per heavy atom. The van der Waals surface area contributed by atoms with Gasteiger partial charge in [0.15, 0.2) is 0 Å². The van der Waals surface area contributed by atoms with E-state index >= 15 is 0 Å². The second-order valence-electron chi connectivity index (χ2n) is 5.76. The summed E-state index contributed by atoms with van der Waals surface area (Å²) in [6.07, 6.45) is 4.77. The number of hydrogen-bond acceptors (Lipinski definition) is 6. The fraction of sp³-hybridized carbons (Fsp3) is 0.412. The molecule has 1 fully saturated rings. The van der Waals surface area contributed by atoms with Gasteiger partial charge in [0.1, 0.15) is 23.3 Å². The minimum Gasteiger partial charge on any atom is -0.492 e. The van der Waals surface area contributed by atoms with Crippen molar-refractivity contribution < 1.29 is 13.9 Å². The molecule has 7 nitrogen and oxygen atoms in total. The van der Waals surface area contributed by atoms with Crippen molar-refractivity contribution in [2.45, 2.75) is 31.8 Å². The molecule has 2 aromatic heterocycles. The van der Waals surface area contributed by atoms with Gasteiger partial charge in [-0.1, -0.05) is 0 Å². The number of aryl methyl sites for hydroxylation is 1. The maximum absolute atomic E-state index is 12.2. The molecule has 2 aromatic rings. The monoisotopic (exact) mass is 330 g/mol. The summed E-state index contributed by atoms with van der Waals surface area (Å²) in [5, 5.41) is 2.92. The van der Waals surface area contributed by atoms with Crippen molar-refractivity contribution in [2.24, 2.45) is 0 Å². The number of carbonyl (C=O) groups excluding carboxylic acids is 1. The summed E-state index contributed by atoms with van der Waals surface area (Å²) in [5.74, 6) is 2.44. The molecule has 0 bridgehead atoms. The summed E-state index contributed by atoms with van der Waals surface area (Å²) in [6, 6.07) is 7.29. The molecule has 1 aliphatic rings. The number of ether oxygens (including phenoxy) is 1. The zero-order valence-corrected chi connectivity index (χ0v) is 13.6. The minimum atomic E-state index is -0.264. The van der Waals surface area contributed by atoms with Crippen molar-refractivity contribution in [3.63, 3.8) is 0 Å². The zero-order chi connectivity index (χ0) is 16.8. The Bertz CT molecular complexity index is 659. The highest BCUT2D eigenvalue weighted by Gasteiger charge is 2.31. The normalized spacial score (nSPS) is 20.0. The molecule has 0 aliphatic carbocycles. The van der Waals surface area contributed by atoms with Gasteiger partial charge in [0.25, 0.3) is 0 Å². The molecule has 24 heavy (non-hydrogen) atoms. The highest BCUT2D eigenvalue weighted by atomic mass is 16.5. The van der Waals surface area contributed by atoms with Crippen LogP contribution in [0.4, 0.5) is 0 Å². The van der Waals surface area contributed by atoms with Crippen LogP contribution in [0, 0.1) is 6.92 Å². The van der Waals surface area contributed by atoms with Crippen LogP contribution in [0.5, 0.6) is 5.75 Å². The lowest BCUT2D eigenvalue weighted by Crippen LogP contribution is -2.43. The van der Waals surface area contributed by atoms with E-state index < -0.39 is 0 Å². The molecule has 2 unspecified atom stereocenters. The minimum absolute atomic E-state index is 0.0170. The third-order valence-corrected chi connectivity index (χ3v) is 3.85. The van der Waals surface area contributed by atoms with Crippen LogP contribution < -0.4 is 20.9 Å². The summed E-state index contributed by atoms with van der Waals surface area (Å²) in [7, 11) is 0. The molecule has 1 amide bonds. The second-order valence-corrected chi connectivity index (χ2v) is 5.76. The van der Waals surface area contributed by atoms with Gasteiger partial charge in [0.2, 0.25) is 5.91 Å². The molecule has 2 atom stereocenters. The number of aromatic nitrogens is 1. The number of rotatable bonds is 7. The van der Waals surface area contributed by atoms with E-state index in [9.17, 15) is 4.79 Å². The lowest BCUT2D eigenvalue weighted by molar-refractivity contribution is -0.122. The maximum atomic E-state index is 12.2. The molecule has 128 valence electrons. The molecule has 0 saturated carbocycles. The standard InChI is InChI=1S/C17H22N4O3/c1-12-5-6-16(24-12)14-10-15(21-20-14)17(22)19-8-3-9-23-13-4-2-7-18-11-13/h2,4-7,11,14-15,20-21H,3,8-10H2,1H3,(H,19,22). The van der Waals surface area contributed by atoms with Crippen molar-refractivity contribution in [1.29, 1.82) is 0 Å². The summed E-state index contributed by atoms with van der Waals surface area (Å²) in [5.41, 5.74) is 6.12. The van der Waals surface area contributed by atoms with E-state index in [1.807, 2.05) is 31.2 Å². The number of nitrogens with one attached hydrogen (secondary N) is 3. The summed E-state index contributed by atoms with van der Waals surface area (Å²) in [6.45, 7) is 3.02. The molecule has 3 N–H and O–H groups in total. The zero-order valence-electron chi connectivity index (χ0n) is 13.6. The Balaban J connectivity index is 1.34. The molecule has 3 rings (SSSR count). The van der Waals surface area contributed by atoms with Crippen molar-refractivity contribution >= 4 is 5.91 Å². The number of amides is 1. The van der Waals surface area contributed by atoms with Gasteiger partial charge in [-0.05, 0) is 44.0 Å². The highest BCUT2D eigenvalue weighted by molar-refractivity contribution is 5.82. The lowest BCUT2D eigenvalue weighted by Gasteiger charge is -2.10. The number of furan rings is 1. The summed E-state index contributed by atoms with van der Waals surface area (Å²) >= 11 is 0. The second kappa shape index (κ2) is 7.94. The van der Waals surface area contributed by atoms with Crippen LogP contribution >= 0.6 is 0 Å². The van der Waals surface area contributed by atoms with Crippen molar-refractivity contribution in [3.8, 4) is 5.75 Å². The van der Waals surface area contributed by atoms with E-state index in [1.165, 1.54) is 0 Å². The van der Waals surface area contributed by atoms with Crippen LogP contribution in [0.15, 0.2) is 41.1 Å². The fourth-order valence-electron chi connectivity index (χ4n) is 2.58. The average molecular weight is 330 g/mol. The van der Waals surface area contributed by atoms with Crippen molar-refractivity contribution in [3.05, 3.63) is 48.2 Å². The number of hydrazine groups is 1. The van der Waals surface area contributed by atoms with E-state index in [0.717, 1.165) is 23.7 Å². The van der Waals surface area contributed by atoms with Crippen molar-refractivity contribution in [2.75, 3.05) is 13.2 Å². The predicted octanol–water partition coefficient (Wildman–Crippen LogP) is 1.48. The van der Waals surface area contributed by atoms with Gasteiger partial charge in [0.05, 0.1) is 18.8 Å². The topological polar surface area (TPSA) is 88.4 Å². The molecule has 0 aromatic carbocycles. The smallest absolute Gasteiger partial charge is 0.238 e. The first-order chi connectivity index (χ1) is 11.7. The van der Waals surface area contributed by atoms with E-state index in [2.05, 4.69) is 21.2 Å². The first-order valence-corrected chi connectivity index (χ1v) is 8.10. The van der Waals surface area contributed by atoms with Gasteiger partial charge in [0, 0.05) is 12.7 Å². The van der Waals surface area contributed by atoms with Crippen molar-refractivity contribution in [1.82, 2.24) is 21.2 Å². The molecular formula is C17H22N4O3. The molecule has 3 heterocycles. The van der Waals surface area contributed by atoms with Gasteiger partial charge in [-0.15, -0.1) is 0 Å². The van der Waals surface area contributed by atoms with Crippen LogP contribution in [0.1, 0.15) is 30.4 Å². The Labute approximate surface area is 140 Å². The SMILES string of the molecule is Cc1ccc(C2CC(C(=O)NCCCOc3cccnc3)NN2)o1. The molecule has 1 saturated heterocycles. The molecule has 0 spiro atoms. The van der Waals surface area contributed by atoms with Gasteiger partial charge in [-0.2, -0.15) is 0 Å². The van der Waals surface area contributed by atoms with Gasteiger partial charge < -0.3 is 14.5 Å². The van der Waals surface area contributed by atoms with Crippen LogP contribution in [0.25, 0.3) is 0 Å². The van der Waals surface area contributed by atoms with Gasteiger partial charge >= 0.3 is 0 Å². The number of carbonyl (C=O) groups is 1. The van der Waals surface area contributed by atoms with Gasteiger partial charge in [-0.3, -0.25) is 9.78 Å². The highest BCUT2D eigenvalue weighted by Crippen LogP contribution is 2.23. The Morgan fingerprint density at radius 2 is 2.33 bits per heavy atom. The summed E-state index contributed by atoms with van der Waals surface area (Å²) < 4.78 is 11.1.